The molecular weight excluding hydrogens is 170 g/mol. The van der Waals surface area contributed by atoms with Crippen LogP contribution >= 0.6 is 0 Å². The fraction of sp³-hybridized carbons (Fsp3) is 0.385. The third kappa shape index (κ3) is 5.41. The van der Waals surface area contributed by atoms with Crippen LogP contribution in [0.15, 0.2) is 47.2 Å². The van der Waals surface area contributed by atoms with Crippen molar-refractivity contribution >= 4 is 0 Å². The van der Waals surface area contributed by atoms with Crippen LogP contribution in [-0.2, 0) is 0 Å². The lowest BCUT2D eigenvalue weighted by molar-refractivity contribution is 1.22. The average molecular weight is 191 g/mol. The molecule has 0 saturated carbocycles. The molecule has 0 aromatic heterocycles. The first-order chi connectivity index (χ1) is 6.61. The van der Waals surface area contributed by atoms with E-state index in [1.54, 1.807) is 0 Å². The molecule has 0 aromatic carbocycles. The van der Waals surface area contributed by atoms with E-state index in [-0.39, 0.29) is 0 Å². The van der Waals surface area contributed by atoms with E-state index in [0.29, 0.717) is 0 Å². The van der Waals surface area contributed by atoms with Crippen molar-refractivity contribution in [1.29, 1.82) is 0 Å². The highest BCUT2D eigenvalue weighted by Gasteiger charge is 1.91. The second-order valence-electron chi connectivity index (χ2n) is 3.30. The first-order valence-corrected chi connectivity index (χ1v) is 5.05. The van der Waals surface area contributed by atoms with Gasteiger partial charge in [-0.3, -0.25) is 0 Å². The van der Waals surface area contributed by atoms with Crippen LogP contribution in [0.5, 0.6) is 0 Å². The van der Waals surface area contributed by atoms with Gasteiger partial charge < -0.3 is 5.73 Å². The molecule has 1 heteroatoms. The Morgan fingerprint density at radius 3 is 2.36 bits per heavy atom. The van der Waals surface area contributed by atoms with Crippen LogP contribution < -0.4 is 5.73 Å². The maximum atomic E-state index is 5.71. The van der Waals surface area contributed by atoms with E-state index in [4.69, 9.17) is 5.73 Å². The van der Waals surface area contributed by atoms with Gasteiger partial charge in [0.05, 0.1) is 0 Å². The minimum atomic E-state index is 0.815. The van der Waals surface area contributed by atoms with Crippen LogP contribution in [0, 0.1) is 0 Å². The lowest BCUT2D eigenvalue weighted by atomic mass is 10.1. The van der Waals surface area contributed by atoms with Crippen LogP contribution in [0.25, 0.3) is 0 Å². The molecule has 2 N–H and O–H groups in total. The summed E-state index contributed by atoms with van der Waals surface area (Å²) in [5, 5.41) is 0. The van der Waals surface area contributed by atoms with E-state index in [0.717, 1.165) is 12.1 Å². The van der Waals surface area contributed by atoms with Crippen molar-refractivity contribution in [3.05, 3.63) is 47.2 Å². The minimum Gasteiger partial charge on any atom is -0.399 e. The molecule has 0 fully saturated rings. The van der Waals surface area contributed by atoms with Crippen LogP contribution in [-0.4, -0.2) is 0 Å². The summed E-state index contributed by atoms with van der Waals surface area (Å²) in [6, 6.07) is 0. The molecule has 78 valence electrons. The second-order valence-corrected chi connectivity index (χ2v) is 3.30. The molecule has 0 heterocycles. The van der Waals surface area contributed by atoms with Crippen LogP contribution in [0.3, 0.4) is 0 Å². The molecule has 0 aliphatic rings. The van der Waals surface area contributed by atoms with Gasteiger partial charge in [-0.1, -0.05) is 31.2 Å². The normalized spacial score (nSPS) is 15.3. The van der Waals surface area contributed by atoms with Gasteiger partial charge in [0.2, 0.25) is 0 Å². The van der Waals surface area contributed by atoms with Gasteiger partial charge in [-0.05, 0) is 44.4 Å². The summed E-state index contributed by atoms with van der Waals surface area (Å²) in [5.41, 5.74) is 8.98. The van der Waals surface area contributed by atoms with Crippen molar-refractivity contribution < 1.29 is 0 Å². The van der Waals surface area contributed by atoms with Gasteiger partial charge in [0, 0.05) is 5.70 Å². The summed E-state index contributed by atoms with van der Waals surface area (Å²) in [4.78, 5) is 0. The van der Waals surface area contributed by atoms with E-state index in [1.165, 1.54) is 11.1 Å². The monoisotopic (exact) mass is 191 g/mol. The van der Waals surface area contributed by atoms with Gasteiger partial charge in [-0.2, -0.15) is 0 Å². The van der Waals surface area contributed by atoms with Crippen molar-refractivity contribution in [1.82, 2.24) is 0 Å². The summed E-state index contributed by atoms with van der Waals surface area (Å²) in [7, 11) is 0. The Kier molecular flexibility index (Phi) is 6.55. The van der Waals surface area contributed by atoms with Crippen LogP contribution in [0.4, 0.5) is 0 Å². The number of rotatable bonds is 4. The molecule has 0 spiro atoms. The molecule has 0 radical (unpaired) electrons. The number of allylic oxidation sites excluding steroid dienone is 7. The van der Waals surface area contributed by atoms with E-state index in [1.807, 2.05) is 19.1 Å². The third-order valence-electron chi connectivity index (χ3n) is 2.06. The maximum absolute atomic E-state index is 5.71. The summed E-state index contributed by atoms with van der Waals surface area (Å²) in [5.74, 6) is 0. The molecule has 0 rings (SSSR count). The molecule has 0 aromatic rings. The first-order valence-electron chi connectivity index (χ1n) is 5.05. The Hall–Kier alpha value is -1.24. The fourth-order valence-electron chi connectivity index (χ4n) is 0.927. The Morgan fingerprint density at radius 2 is 1.86 bits per heavy atom. The molecule has 0 unspecified atom stereocenters. The van der Waals surface area contributed by atoms with Crippen molar-refractivity contribution in [3.63, 3.8) is 0 Å². The summed E-state index contributed by atoms with van der Waals surface area (Å²) in [6.07, 6.45) is 11.3. The Balaban J connectivity index is 4.53. The van der Waals surface area contributed by atoms with E-state index in [9.17, 15) is 0 Å². The van der Waals surface area contributed by atoms with Gasteiger partial charge in [-0.15, -0.1) is 0 Å². The Labute approximate surface area is 87.7 Å². The molecule has 0 amide bonds. The van der Waals surface area contributed by atoms with E-state index >= 15 is 0 Å². The van der Waals surface area contributed by atoms with Crippen LogP contribution in [0.1, 0.15) is 34.1 Å². The molecule has 1 nitrogen and oxygen atoms in total. The Morgan fingerprint density at radius 1 is 1.21 bits per heavy atom. The maximum Gasteiger partial charge on any atom is 0.0273 e. The molecule has 0 atom stereocenters. The van der Waals surface area contributed by atoms with Crippen LogP contribution in [0.2, 0.25) is 0 Å². The zero-order chi connectivity index (χ0) is 11.0. The van der Waals surface area contributed by atoms with Crippen molar-refractivity contribution in [2.75, 3.05) is 0 Å². The van der Waals surface area contributed by atoms with Gasteiger partial charge in [0.1, 0.15) is 0 Å². The SMILES string of the molecule is C\C=C(N)/C=C(C)/C(C)=C/C=C\CC. The number of nitrogens with two attached hydrogens (primary N) is 1. The second kappa shape index (κ2) is 7.19. The topological polar surface area (TPSA) is 26.0 Å². The molecule has 0 saturated heterocycles. The predicted octanol–water partition coefficient (Wildman–Crippen LogP) is 3.71. The molecule has 14 heavy (non-hydrogen) atoms. The highest BCUT2D eigenvalue weighted by molar-refractivity contribution is 5.35. The summed E-state index contributed by atoms with van der Waals surface area (Å²) in [6.45, 7) is 8.23. The molecule has 0 aliphatic carbocycles. The summed E-state index contributed by atoms with van der Waals surface area (Å²) < 4.78 is 0. The van der Waals surface area contributed by atoms with Gasteiger partial charge in [-0.25, -0.2) is 0 Å². The minimum absolute atomic E-state index is 0.815. The number of hydrogen-bond donors (Lipinski definition) is 1. The smallest absolute Gasteiger partial charge is 0.0273 e. The predicted molar refractivity (Wildman–Crippen MR) is 64.9 cm³/mol. The van der Waals surface area contributed by atoms with E-state index in [2.05, 4.69) is 39.0 Å². The van der Waals surface area contributed by atoms with Gasteiger partial charge >= 0.3 is 0 Å². The lowest BCUT2D eigenvalue weighted by Crippen LogP contribution is -1.93. The van der Waals surface area contributed by atoms with Crippen molar-refractivity contribution in [3.8, 4) is 0 Å². The standard InChI is InChI=1S/C13H21N/c1-5-7-8-9-11(3)12(4)10-13(14)6-2/h6-10H,5,14H2,1-4H3/b8-7-,11-9+,12-10+,13-6+. The zero-order valence-corrected chi connectivity index (χ0v) is 9.67. The fourth-order valence-corrected chi connectivity index (χ4v) is 0.927. The largest absolute Gasteiger partial charge is 0.399 e. The molecule has 0 aliphatic heterocycles. The first kappa shape index (κ1) is 12.8. The third-order valence-corrected chi connectivity index (χ3v) is 2.06. The van der Waals surface area contributed by atoms with E-state index < -0.39 is 0 Å². The zero-order valence-electron chi connectivity index (χ0n) is 9.67. The molecule has 0 bridgehead atoms. The molecular formula is C13H21N. The van der Waals surface area contributed by atoms with Crippen molar-refractivity contribution in [2.45, 2.75) is 34.1 Å². The highest BCUT2D eigenvalue weighted by Crippen LogP contribution is 2.09. The Bertz CT molecular complexity index is 278. The van der Waals surface area contributed by atoms with Gasteiger partial charge in [0.15, 0.2) is 0 Å². The highest BCUT2D eigenvalue weighted by atomic mass is 14.5. The summed E-state index contributed by atoms with van der Waals surface area (Å²) >= 11 is 0. The average Bonchev–Trinajstić information content (AvgIpc) is 2.17. The van der Waals surface area contributed by atoms with Crippen molar-refractivity contribution in [2.24, 2.45) is 5.73 Å². The van der Waals surface area contributed by atoms with Gasteiger partial charge in [0.25, 0.3) is 0 Å². The lowest BCUT2D eigenvalue weighted by Gasteiger charge is -2.00. The quantitative estimate of drug-likeness (QED) is 0.673. The number of hydrogen-bond acceptors (Lipinski definition) is 1.